The highest BCUT2D eigenvalue weighted by Gasteiger charge is 2.76. The molecule has 2 unspecified atom stereocenters. The third-order valence-electron chi connectivity index (χ3n) is 4.10. The van der Waals surface area contributed by atoms with Crippen LogP contribution in [0.1, 0.15) is 23.3 Å². The lowest BCUT2D eigenvalue weighted by Crippen LogP contribution is -2.56. The Balaban J connectivity index is 0.000000235. The number of ether oxygens (including phenoxy) is 1. The molecular weight excluding hydrogens is 465 g/mol. The SMILES string of the molecule is CC1Oc2ccc(Cl)cc2C(=O)C1n1ccnc1.O=C(O)C(F)(F)C(F)(F)C(F)(F)F. The van der Waals surface area contributed by atoms with Gasteiger partial charge in [-0.2, -0.15) is 30.7 Å². The molecule has 2 heterocycles. The summed E-state index contributed by atoms with van der Waals surface area (Å²) in [5, 5.41) is 7.94. The zero-order chi connectivity index (χ0) is 23.8. The van der Waals surface area contributed by atoms with Crippen molar-refractivity contribution < 1.29 is 50.2 Å². The molecule has 0 radical (unpaired) electrons. The molecule has 31 heavy (non-hydrogen) atoms. The number of hydrogen-bond acceptors (Lipinski definition) is 4. The van der Waals surface area contributed by atoms with Crippen molar-refractivity contribution >= 4 is 23.4 Å². The maximum Gasteiger partial charge on any atom is 0.460 e. The molecule has 0 saturated heterocycles. The van der Waals surface area contributed by atoms with E-state index in [4.69, 9.17) is 21.4 Å². The quantitative estimate of drug-likeness (QED) is 0.653. The minimum Gasteiger partial charge on any atom is -0.487 e. The summed E-state index contributed by atoms with van der Waals surface area (Å²) in [7, 11) is 0. The van der Waals surface area contributed by atoms with Crippen LogP contribution in [-0.2, 0) is 4.79 Å². The third-order valence-corrected chi connectivity index (χ3v) is 4.33. The van der Waals surface area contributed by atoms with Gasteiger partial charge in [0.2, 0.25) is 0 Å². The third kappa shape index (κ3) is 4.60. The van der Waals surface area contributed by atoms with E-state index in [-0.39, 0.29) is 11.9 Å². The molecule has 1 aromatic heterocycles. The molecule has 1 aromatic carbocycles. The summed E-state index contributed by atoms with van der Waals surface area (Å²) in [5.41, 5.74) is 0.527. The number of imidazole rings is 1. The van der Waals surface area contributed by atoms with Crippen LogP contribution in [0.5, 0.6) is 5.75 Å². The summed E-state index contributed by atoms with van der Waals surface area (Å²) in [5.74, 6) is -15.7. The molecule has 0 fully saturated rings. The van der Waals surface area contributed by atoms with E-state index in [0.29, 0.717) is 16.3 Å². The summed E-state index contributed by atoms with van der Waals surface area (Å²) in [4.78, 5) is 25.8. The number of rotatable bonds is 3. The molecular formula is C17H12ClF7N2O4. The fraction of sp³-hybridized carbons (Fsp3) is 0.353. The van der Waals surface area contributed by atoms with Gasteiger partial charge in [0.05, 0.1) is 11.9 Å². The highest BCUT2D eigenvalue weighted by Crippen LogP contribution is 2.46. The molecule has 0 aliphatic carbocycles. The van der Waals surface area contributed by atoms with Crippen LogP contribution in [0.15, 0.2) is 36.9 Å². The average Bonchev–Trinajstić information content (AvgIpc) is 3.16. The van der Waals surface area contributed by atoms with Crippen LogP contribution in [0.25, 0.3) is 0 Å². The van der Waals surface area contributed by atoms with Crippen molar-refractivity contribution in [1.82, 2.24) is 9.55 Å². The number of alkyl halides is 7. The van der Waals surface area contributed by atoms with Gasteiger partial charge in [-0.15, -0.1) is 0 Å². The van der Waals surface area contributed by atoms with Crippen LogP contribution >= 0.6 is 11.6 Å². The van der Waals surface area contributed by atoms with Crippen LogP contribution < -0.4 is 4.74 Å². The number of halogens is 8. The molecule has 0 spiro atoms. The van der Waals surface area contributed by atoms with Gasteiger partial charge >= 0.3 is 24.0 Å². The normalized spacial score (nSPS) is 19.1. The predicted molar refractivity (Wildman–Crippen MR) is 90.7 cm³/mol. The smallest absolute Gasteiger partial charge is 0.460 e. The van der Waals surface area contributed by atoms with Crippen LogP contribution in [-0.4, -0.2) is 50.5 Å². The number of fused-ring (bicyclic) bond motifs is 1. The van der Waals surface area contributed by atoms with E-state index < -0.39 is 30.0 Å². The number of carboxylic acid groups (broad SMARTS) is 1. The molecule has 3 rings (SSSR count). The van der Waals surface area contributed by atoms with E-state index in [1.54, 1.807) is 41.5 Å². The Morgan fingerprint density at radius 2 is 1.81 bits per heavy atom. The number of hydrogen-bond donors (Lipinski definition) is 1. The summed E-state index contributed by atoms with van der Waals surface area (Å²) in [6.45, 7) is 1.88. The summed E-state index contributed by atoms with van der Waals surface area (Å²) in [6.07, 6.45) is -1.81. The van der Waals surface area contributed by atoms with Gasteiger partial charge in [0, 0.05) is 17.4 Å². The molecule has 1 aliphatic heterocycles. The summed E-state index contributed by atoms with van der Waals surface area (Å²) >= 11 is 5.92. The molecule has 2 atom stereocenters. The number of Topliss-reactive ketones (excluding diaryl/α,β-unsaturated/α-hetero) is 1. The van der Waals surface area contributed by atoms with Crippen LogP contribution in [0.2, 0.25) is 5.02 Å². The minimum atomic E-state index is -6.60. The van der Waals surface area contributed by atoms with E-state index >= 15 is 0 Å². The van der Waals surface area contributed by atoms with E-state index in [2.05, 4.69) is 4.98 Å². The zero-order valence-electron chi connectivity index (χ0n) is 15.2. The van der Waals surface area contributed by atoms with Crippen LogP contribution in [0.3, 0.4) is 0 Å². The Morgan fingerprint density at radius 1 is 1.19 bits per heavy atom. The number of aromatic nitrogens is 2. The fourth-order valence-electron chi connectivity index (χ4n) is 2.56. The summed E-state index contributed by atoms with van der Waals surface area (Å²) < 4.78 is 88.0. The number of carbonyl (C=O) groups is 2. The second kappa shape index (κ2) is 8.36. The summed E-state index contributed by atoms with van der Waals surface area (Å²) in [6, 6.07) is 4.71. The Kier molecular flexibility index (Phi) is 6.59. The van der Waals surface area contributed by atoms with Crippen molar-refractivity contribution in [2.24, 2.45) is 0 Å². The lowest BCUT2D eigenvalue weighted by molar-refractivity contribution is -0.347. The molecule has 1 aliphatic rings. The molecule has 14 heteroatoms. The Bertz CT molecular complexity index is 964. The molecule has 0 amide bonds. The maximum absolute atomic E-state index is 12.5. The highest BCUT2D eigenvalue weighted by molar-refractivity contribution is 6.31. The van der Waals surface area contributed by atoms with E-state index in [1.807, 2.05) is 6.92 Å². The van der Waals surface area contributed by atoms with Crippen molar-refractivity contribution in [2.45, 2.75) is 37.1 Å². The Hall–Kier alpha value is -2.83. The first-order valence-electron chi connectivity index (χ1n) is 8.15. The van der Waals surface area contributed by atoms with Crippen molar-refractivity contribution in [1.29, 1.82) is 0 Å². The second-order valence-corrected chi connectivity index (χ2v) is 6.67. The van der Waals surface area contributed by atoms with Gasteiger partial charge in [-0.25, -0.2) is 9.78 Å². The van der Waals surface area contributed by atoms with Gasteiger partial charge in [0.1, 0.15) is 17.9 Å². The first kappa shape index (κ1) is 24.4. The van der Waals surface area contributed by atoms with Gasteiger partial charge in [0.25, 0.3) is 0 Å². The Morgan fingerprint density at radius 3 is 2.26 bits per heavy atom. The zero-order valence-corrected chi connectivity index (χ0v) is 16.0. The Labute approximate surface area is 174 Å². The number of nitrogens with zero attached hydrogens (tertiary/aromatic N) is 2. The van der Waals surface area contributed by atoms with Crippen LogP contribution in [0, 0.1) is 0 Å². The average molecular weight is 477 g/mol. The number of aliphatic carboxylic acids is 1. The number of carbonyl (C=O) groups excluding carboxylic acids is 1. The largest absolute Gasteiger partial charge is 0.487 e. The number of carboxylic acids is 1. The highest BCUT2D eigenvalue weighted by atomic mass is 35.5. The first-order chi connectivity index (χ1) is 14.1. The maximum atomic E-state index is 12.5. The van der Waals surface area contributed by atoms with E-state index in [1.165, 1.54) is 0 Å². The van der Waals surface area contributed by atoms with Crippen molar-refractivity contribution in [3.8, 4) is 5.75 Å². The molecule has 2 aromatic rings. The molecule has 0 bridgehead atoms. The first-order valence-corrected chi connectivity index (χ1v) is 8.52. The molecule has 0 saturated carbocycles. The van der Waals surface area contributed by atoms with Gasteiger partial charge in [-0.1, -0.05) is 11.6 Å². The van der Waals surface area contributed by atoms with Gasteiger partial charge < -0.3 is 14.4 Å². The lowest BCUT2D eigenvalue weighted by atomic mass is 9.96. The standard InChI is InChI=1S/C13H11ClN2O2.C4HF7O2/c1-8-12(16-5-4-15-7-16)13(17)10-6-9(14)2-3-11(10)18-8;5-2(6,1(12)13)3(7,8)4(9,10)11/h2-8,12H,1H3;(H,12,13). The van der Waals surface area contributed by atoms with Gasteiger partial charge in [0.15, 0.2) is 5.78 Å². The predicted octanol–water partition coefficient (Wildman–Crippen LogP) is 4.65. The van der Waals surface area contributed by atoms with Crippen molar-refractivity contribution in [3.05, 3.63) is 47.5 Å². The van der Waals surface area contributed by atoms with Crippen molar-refractivity contribution in [2.75, 3.05) is 0 Å². The van der Waals surface area contributed by atoms with E-state index in [0.717, 1.165) is 0 Å². The number of benzene rings is 1. The topological polar surface area (TPSA) is 81.4 Å². The molecule has 170 valence electrons. The van der Waals surface area contributed by atoms with E-state index in [9.17, 15) is 40.3 Å². The number of ketones is 1. The van der Waals surface area contributed by atoms with Gasteiger partial charge in [-0.3, -0.25) is 4.79 Å². The lowest BCUT2D eigenvalue weighted by Gasteiger charge is -2.30. The van der Waals surface area contributed by atoms with Gasteiger partial charge in [-0.05, 0) is 25.1 Å². The second-order valence-electron chi connectivity index (χ2n) is 6.23. The fourth-order valence-corrected chi connectivity index (χ4v) is 2.73. The van der Waals surface area contributed by atoms with Crippen molar-refractivity contribution in [3.63, 3.8) is 0 Å². The molecule has 6 nitrogen and oxygen atoms in total. The van der Waals surface area contributed by atoms with Crippen LogP contribution in [0.4, 0.5) is 30.7 Å². The monoisotopic (exact) mass is 476 g/mol. The minimum absolute atomic E-state index is 0.00394. The molecule has 1 N–H and O–H groups in total.